The zero-order chi connectivity index (χ0) is 15.6. The van der Waals surface area contributed by atoms with Gasteiger partial charge in [0, 0.05) is 6.54 Å². The smallest absolute Gasteiger partial charge is 0.238 e. The third-order valence-electron chi connectivity index (χ3n) is 4.19. The summed E-state index contributed by atoms with van der Waals surface area (Å²) in [6.07, 6.45) is 1.04. The van der Waals surface area contributed by atoms with E-state index in [0.717, 1.165) is 30.6 Å². The molecular weight excluding hydrogens is 321 g/mol. The highest BCUT2D eigenvalue weighted by molar-refractivity contribution is 6.34. The van der Waals surface area contributed by atoms with Crippen LogP contribution in [-0.2, 0) is 4.79 Å². The number of nitrogens with one attached hydrogen (secondary N) is 1. The van der Waals surface area contributed by atoms with Crippen LogP contribution in [0.5, 0.6) is 0 Å². The number of carbonyl (C=O) groups excluding carboxylic acids is 1. The van der Waals surface area contributed by atoms with Crippen molar-refractivity contribution in [2.75, 3.05) is 31.5 Å². The van der Waals surface area contributed by atoms with E-state index in [2.05, 4.69) is 17.1 Å². The first-order valence-corrected chi connectivity index (χ1v) is 7.70. The van der Waals surface area contributed by atoms with Gasteiger partial charge in [0.1, 0.15) is 0 Å². The van der Waals surface area contributed by atoms with Crippen molar-refractivity contribution in [2.45, 2.75) is 27.2 Å². The predicted octanol–water partition coefficient (Wildman–Crippen LogP) is 2.99. The Morgan fingerprint density at radius 1 is 1.45 bits per heavy atom. The second-order valence-electron chi connectivity index (χ2n) is 6.46. The third-order valence-corrected chi connectivity index (χ3v) is 4.49. The molecule has 1 atom stereocenters. The molecular formula is C16H25Cl2N3O. The lowest BCUT2D eigenvalue weighted by atomic mass is 9.90. The van der Waals surface area contributed by atoms with Crippen molar-refractivity contribution in [3.63, 3.8) is 0 Å². The third kappa shape index (κ3) is 4.59. The Morgan fingerprint density at radius 2 is 2.14 bits per heavy atom. The van der Waals surface area contributed by atoms with E-state index in [-0.39, 0.29) is 23.7 Å². The lowest BCUT2D eigenvalue weighted by molar-refractivity contribution is -0.117. The van der Waals surface area contributed by atoms with Gasteiger partial charge in [0.25, 0.3) is 0 Å². The zero-order valence-electron chi connectivity index (χ0n) is 13.4. The van der Waals surface area contributed by atoms with Crippen LogP contribution in [-0.4, -0.2) is 37.0 Å². The van der Waals surface area contributed by atoms with E-state index >= 15 is 0 Å². The van der Waals surface area contributed by atoms with Crippen molar-refractivity contribution in [2.24, 2.45) is 11.1 Å². The van der Waals surface area contributed by atoms with Crippen molar-refractivity contribution >= 4 is 35.6 Å². The van der Waals surface area contributed by atoms with Gasteiger partial charge in [-0.2, -0.15) is 0 Å². The maximum Gasteiger partial charge on any atom is 0.238 e. The summed E-state index contributed by atoms with van der Waals surface area (Å²) in [6, 6.07) is 3.88. The molecule has 2 rings (SSSR count). The van der Waals surface area contributed by atoms with Crippen LogP contribution in [0.25, 0.3) is 0 Å². The minimum absolute atomic E-state index is 0. The zero-order valence-corrected chi connectivity index (χ0v) is 15.0. The first-order valence-electron chi connectivity index (χ1n) is 7.32. The summed E-state index contributed by atoms with van der Waals surface area (Å²) < 4.78 is 0. The van der Waals surface area contributed by atoms with E-state index in [4.69, 9.17) is 17.3 Å². The van der Waals surface area contributed by atoms with Gasteiger partial charge in [-0.25, -0.2) is 0 Å². The molecule has 0 spiro atoms. The molecule has 0 saturated carbocycles. The summed E-state index contributed by atoms with van der Waals surface area (Å²) in [4.78, 5) is 14.4. The van der Waals surface area contributed by atoms with Crippen LogP contribution in [0.15, 0.2) is 12.1 Å². The number of nitrogens with two attached hydrogens (primary N) is 1. The average Bonchev–Trinajstić information content (AvgIpc) is 2.76. The molecule has 1 amide bonds. The van der Waals surface area contributed by atoms with Crippen LogP contribution in [0.4, 0.5) is 5.69 Å². The van der Waals surface area contributed by atoms with Gasteiger partial charge < -0.3 is 11.1 Å². The van der Waals surface area contributed by atoms with E-state index in [9.17, 15) is 4.79 Å². The van der Waals surface area contributed by atoms with E-state index in [1.807, 2.05) is 26.0 Å². The van der Waals surface area contributed by atoms with Crippen molar-refractivity contribution in [3.8, 4) is 0 Å². The second kappa shape index (κ2) is 7.64. The highest BCUT2D eigenvalue weighted by Crippen LogP contribution is 2.29. The number of nitrogens with zero attached hydrogens (tertiary/aromatic N) is 1. The molecule has 1 aliphatic heterocycles. The first kappa shape index (κ1) is 19.2. The topological polar surface area (TPSA) is 58.4 Å². The van der Waals surface area contributed by atoms with Gasteiger partial charge in [0.05, 0.1) is 17.3 Å². The number of likely N-dealkylation sites (tertiary alicyclic amines) is 1. The second-order valence-corrected chi connectivity index (χ2v) is 6.87. The molecule has 0 radical (unpaired) electrons. The van der Waals surface area contributed by atoms with Crippen LogP contribution < -0.4 is 11.1 Å². The number of benzene rings is 1. The standard InChI is InChI=1S/C16H24ClN3O.ClH/c1-11-6-12(2)15(13(17)7-11)19-14(21)8-20-5-4-16(3,9-18)10-20;/h6-7H,4-5,8-10,18H2,1-3H3,(H,19,21);1H. The molecule has 0 aliphatic carbocycles. The number of amides is 1. The Labute approximate surface area is 143 Å². The summed E-state index contributed by atoms with van der Waals surface area (Å²) in [5.74, 6) is -0.0230. The molecule has 1 unspecified atom stereocenters. The molecule has 0 aromatic heterocycles. The van der Waals surface area contributed by atoms with Crippen LogP contribution in [0.3, 0.4) is 0 Å². The average molecular weight is 346 g/mol. The molecule has 4 nitrogen and oxygen atoms in total. The molecule has 1 aromatic carbocycles. The SMILES string of the molecule is Cc1cc(C)c(NC(=O)CN2CCC(C)(CN)C2)c(Cl)c1.Cl. The highest BCUT2D eigenvalue weighted by Gasteiger charge is 2.33. The van der Waals surface area contributed by atoms with E-state index in [0.29, 0.717) is 23.8 Å². The molecule has 6 heteroatoms. The Balaban J connectivity index is 0.00000242. The van der Waals surface area contributed by atoms with Crippen LogP contribution in [0, 0.1) is 19.3 Å². The quantitative estimate of drug-likeness (QED) is 0.881. The number of hydrogen-bond acceptors (Lipinski definition) is 3. The van der Waals surface area contributed by atoms with Gasteiger partial charge in [-0.1, -0.05) is 24.6 Å². The van der Waals surface area contributed by atoms with Gasteiger partial charge in [-0.05, 0) is 56.0 Å². The van der Waals surface area contributed by atoms with Crippen LogP contribution >= 0.6 is 24.0 Å². The minimum Gasteiger partial charge on any atom is -0.330 e. The maximum atomic E-state index is 12.2. The molecule has 124 valence electrons. The molecule has 3 N–H and O–H groups in total. The predicted molar refractivity (Wildman–Crippen MR) is 95.0 cm³/mol. The minimum atomic E-state index is -0.0230. The molecule has 1 heterocycles. The highest BCUT2D eigenvalue weighted by atomic mass is 35.5. The lowest BCUT2D eigenvalue weighted by Crippen LogP contribution is -2.35. The normalized spacial score (nSPS) is 21.5. The van der Waals surface area contributed by atoms with E-state index in [1.165, 1.54) is 0 Å². The Morgan fingerprint density at radius 3 is 2.68 bits per heavy atom. The number of halogens is 2. The summed E-state index contributed by atoms with van der Waals surface area (Å²) >= 11 is 6.22. The van der Waals surface area contributed by atoms with Crippen LogP contribution in [0.1, 0.15) is 24.5 Å². The molecule has 1 aromatic rings. The lowest BCUT2D eigenvalue weighted by Gasteiger charge is -2.22. The number of hydrogen-bond donors (Lipinski definition) is 2. The molecule has 0 bridgehead atoms. The Bertz CT molecular complexity index is 527. The van der Waals surface area contributed by atoms with Crippen molar-refractivity contribution < 1.29 is 4.79 Å². The van der Waals surface area contributed by atoms with E-state index < -0.39 is 0 Å². The van der Waals surface area contributed by atoms with Gasteiger partial charge in [-0.15, -0.1) is 12.4 Å². The number of rotatable bonds is 4. The van der Waals surface area contributed by atoms with E-state index in [1.54, 1.807) is 0 Å². The molecule has 1 saturated heterocycles. The summed E-state index contributed by atoms with van der Waals surface area (Å²) in [5.41, 5.74) is 8.73. The van der Waals surface area contributed by atoms with Gasteiger partial charge in [-0.3, -0.25) is 9.69 Å². The summed E-state index contributed by atoms with van der Waals surface area (Å²) in [6.45, 7) is 8.95. The van der Waals surface area contributed by atoms with Crippen molar-refractivity contribution in [1.29, 1.82) is 0 Å². The fraction of sp³-hybridized carbons (Fsp3) is 0.562. The molecule has 1 fully saturated rings. The fourth-order valence-electron chi connectivity index (χ4n) is 2.88. The van der Waals surface area contributed by atoms with Gasteiger partial charge in [0.15, 0.2) is 0 Å². The largest absolute Gasteiger partial charge is 0.330 e. The Kier molecular flexibility index (Phi) is 6.68. The monoisotopic (exact) mass is 345 g/mol. The Hall–Kier alpha value is -0.810. The molecule has 1 aliphatic rings. The number of aryl methyl sites for hydroxylation is 2. The number of carbonyl (C=O) groups is 1. The van der Waals surface area contributed by atoms with Crippen molar-refractivity contribution in [3.05, 3.63) is 28.3 Å². The first-order chi connectivity index (χ1) is 9.83. The number of anilines is 1. The maximum absolute atomic E-state index is 12.2. The van der Waals surface area contributed by atoms with Crippen molar-refractivity contribution in [1.82, 2.24) is 4.90 Å². The summed E-state index contributed by atoms with van der Waals surface area (Å²) in [5, 5.41) is 3.53. The fourth-order valence-corrected chi connectivity index (χ4v) is 3.25. The van der Waals surface area contributed by atoms with Gasteiger partial charge >= 0.3 is 0 Å². The van der Waals surface area contributed by atoms with Crippen LogP contribution in [0.2, 0.25) is 5.02 Å². The molecule has 22 heavy (non-hydrogen) atoms. The van der Waals surface area contributed by atoms with Gasteiger partial charge in [0.2, 0.25) is 5.91 Å². The summed E-state index contributed by atoms with van der Waals surface area (Å²) in [7, 11) is 0.